The molecule has 0 saturated heterocycles. The van der Waals surface area contributed by atoms with Gasteiger partial charge in [0.25, 0.3) is 0 Å². The number of hydrogen-bond donors (Lipinski definition) is 2. The summed E-state index contributed by atoms with van der Waals surface area (Å²) in [4.78, 5) is 0. The van der Waals surface area contributed by atoms with Gasteiger partial charge in [0, 0.05) is 5.56 Å². The van der Waals surface area contributed by atoms with Crippen LogP contribution in [-0.2, 0) is 0 Å². The second-order valence-electron chi connectivity index (χ2n) is 3.69. The quantitative estimate of drug-likeness (QED) is 0.824. The Kier molecular flexibility index (Phi) is 3.08. The van der Waals surface area contributed by atoms with Gasteiger partial charge in [-0.15, -0.1) is 0 Å². The first-order valence-corrected chi connectivity index (χ1v) is 5.20. The third-order valence-corrected chi connectivity index (χ3v) is 2.72. The lowest BCUT2D eigenvalue weighted by Gasteiger charge is -2.16. The lowest BCUT2D eigenvalue weighted by atomic mass is 9.98. The Morgan fingerprint density at radius 3 is 2.69 bits per heavy atom. The standard InChI is InChI=1S/C13H15NO2/c1-16-12-7-6-9-4-2-3-5-10(9)13(12)11(14)8-15/h2-7,11,15H,8,14H2,1H3. The Bertz CT molecular complexity index is 496. The normalized spacial score (nSPS) is 12.7. The molecule has 2 aromatic carbocycles. The van der Waals surface area contributed by atoms with Crippen LogP contribution in [-0.4, -0.2) is 18.8 Å². The van der Waals surface area contributed by atoms with Crippen molar-refractivity contribution < 1.29 is 9.84 Å². The molecule has 2 rings (SSSR count). The summed E-state index contributed by atoms with van der Waals surface area (Å²) in [6, 6.07) is 11.4. The number of benzene rings is 2. The molecule has 2 aromatic rings. The SMILES string of the molecule is COc1ccc2ccccc2c1C(N)CO. The highest BCUT2D eigenvalue weighted by molar-refractivity contribution is 5.88. The zero-order valence-corrected chi connectivity index (χ0v) is 9.18. The molecule has 0 amide bonds. The van der Waals surface area contributed by atoms with E-state index in [-0.39, 0.29) is 6.61 Å². The van der Waals surface area contributed by atoms with Crippen LogP contribution in [0.25, 0.3) is 10.8 Å². The molecule has 3 heteroatoms. The van der Waals surface area contributed by atoms with Crippen LogP contribution in [0.1, 0.15) is 11.6 Å². The number of fused-ring (bicyclic) bond motifs is 1. The molecule has 0 aliphatic heterocycles. The molecular formula is C13H15NO2. The van der Waals surface area contributed by atoms with Crippen molar-refractivity contribution in [2.24, 2.45) is 5.73 Å². The van der Waals surface area contributed by atoms with Crippen molar-refractivity contribution in [1.29, 1.82) is 0 Å². The third kappa shape index (κ3) is 1.75. The molecule has 0 aliphatic rings. The predicted octanol–water partition coefficient (Wildman–Crippen LogP) is 1.84. The maximum absolute atomic E-state index is 9.19. The second-order valence-corrected chi connectivity index (χ2v) is 3.69. The van der Waals surface area contributed by atoms with E-state index in [2.05, 4.69) is 0 Å². The van der Waals surface area contributed by atoms with Gasteiger partial charge in [-0.1, -0.05) is 30.3 Å². The number of hydrogen-bond acceptors (Lipinski definition) is 3. The maximum Gasteiger partial charge on any atom is 0.124 e. The van der Waals surface area contributed by atoms with Crippen molar-refractivity contribution in [2.45, 2.75) is 6.04 Å². The van der Waals surface area contributed by atoms with Crippen LogP contribution in [0.5, 0.6) is 5.75 Å². The van der Waals surface area contributed by atoms with E-state index in [1.165, 1.54) is 0 Å². The topological polar surface area (TPSA) is 55.5 Å². The number of nitrogens with two attached hydrogens (primary N) is 1. The molecule has 0 spiro atoms. The third-order valence-electron chi connectivity index (χ3n) is 2.72. The van der Waals surface area contributed by atoms with Crippen LogP contribution < -0.4 is 10.5 Å². The van der Waals surface area contributed by atoms with Crippen LogP contribution in [0.4, 0.5) is 0 Å². The Labute approximate surface area is 94.5 Å². The highest BCUT2D eigenvalue weighted by atomic mass is 16.5. The summed E-state index contributed by atoms with van der Waals surface area (Å²) in [7, 11) is 1.61. The number of aliphatic hydroxyl groups is 1. The molecule has 0 radical (unpaired) electrons. The van der Waals surface area contributed by atoms with Gasteiger partial charge < -0.3 is 15.6 Å². The van der Waals surface area contributed by atoms with Gasteiger partial charge in [-0.2, -0.15) is 0 Å². The fourth-order valence-corrected chi connectivity index (χ4v) is 1.93. The molecule has 3 N–H and O–H groups in total. The smallest absolute Gasteiger partial charge is 0.124 e. The molecule has 0 aromatic heterocycles. The minimum atomic E-state index is -0.416. The van der Waals surface area contributed by atoms with Crippen molar-refractivity contribution in [3.05, 3.63) is 42.0 Å². The van der Waals surface area contributed by atoms with Crippen molar-refractivity contribution >= 4 is 10.8 Å². The van der Waals surface area contributed by atoms with Gasteiger partial charge >= 0.3 is 0 Å². The van der Waals surface area contributed by atoms with E-state index in [4.69, 9.17) is 10.5 Å². The minimum Gasteiger partial charge on any atom is -0.496 e. The maximum atomic E-state index is 9.19. The Hall–Kier alpha value is -1.58. The van der Waals surface area contributed by atoms with Gasteiger partial charge in [0.2, 0.25) is 0 Å². The van der Waals surface area contributed by atoms with E-state index in [0.29, 0.717) is 0 Å². The molecule has 0 fully saturated rings. The van der Waals surface area contributed by atoms with E-state index in [9.17, 15) is 5.11 Å². The molecule has 3 nitrogen and oxygen atoms in total. The van der Waals surface area contributed by atoms with Crippen molar-refractivity contribution in [2.75, 3.05) is 13.7 Å². The van der Waals surface area contributed by atoms with Crippen LogP contribution in [0.2, 0.25) is 0 Å². The first-order chi connectivity index (χ1) is 7.77. The average molecular weight is 217 g/mol. The van der Waals surface area contributed by atoms with E-state index >= 15 is 0 Å². The Morgan fingerprint density at radius 1 is 1.25 bits per heavy atom. The zero-order valence-electron chi connectivity index (χ0n) is 9.18. The summed E-state index contributed by atoms with van der Waals surface area (Å²) in [6.45, 7) is -0.0929. The monoisotopic (exact) mass is 217 g/mol. The highest BCUT2D eigenvalue weighted by Crippen LogP contribution is 2.31. The van der Waals surface area contributed by atoms with Crippen molar-refractivity contribution in [3.63, 3.8) is 0 Å². The second kappa shape index (κ2) is 4.51. The fourth-order valence-electron chi connectivity index (χ4n) is 1.93. The summed E-state index contributed by atoms with van der Waals surface area (Å²) >= 11 is 0. The van der Waals surface area contributed by atoms with Gasteiger partial charge in [0.05, 0.1) is 19.8 Å². The van der Waals surface area contributed by atoms with Gasteiger partial charge in [0.1, 0.15) is 5.75 Å². The van der Waals surface area contributed by atoms with Gasteiger partial charge in [-0.25, -0.2) is 0 Å². The average Bonchev–Trinajstić information content (AvgIpc) is 2.36. The summed E-state index contributed by atoms with van der Waals surface area (Å²) in [5, 5.41) is 11.3. The zero-order chi connectivity index (χ0) is 11.5. The molecule has 16 heavy (non-hydrogen) atoms. The minimum absolute atomic E-state index is 0.0929. The lowest BCUT2D eigenvalue weighted by Crippen LogP contribution is -2.16. The molecule has 0 aliphatic carbocycles. The molecule has 84 valence electrons. The van der Waals surface area contributed by atoms with E-state index in [1.807, 2.05) is 36.4 Å². The molecule has 0 heterocycles. The van der Waals surface area contributed by atoms with Crippen molar-refractivity contribution in [3.8, 4) is 5.75 Å². The number of ether oxygens (including phenoxy) is 1. The number of rotatable bonds is 3. The van der Waals surface area contributed by atoms with Gasteiger partial charge in [0.15, 0.2) is 0 Å². The van der Waals surface area contributed by atoms with E-state index in [1.54, 1.807) is 7.11 Å². The highest BCUT2D eigenvalue weighted by Gasteiger charge is 2.14. The van der Waals surface area contributed by atoms with Gasteiger partial charge in [-0.3, -0.25) is 0 Å². The van der Waals surface area contributed by atoms with Crippen molar-refractivity contribution in [1.82, 2.24) is 0 Å². The number of methoxy groups -OCH3 is 1. The van der Waals surface area contributed by atoms with E-state index in [0.717, 1.165) is 22.1 Å². The van der Waals surface area contributed by atoms with Crippen LogP contribution in [0.15, 0.2) is 36.4 Å². The summed E-state index contributed by atoms with van der Waals surface area (Å²) in [6.07, 6.45) is 0. The summed E-state index contributed by atoms with van der Waals surface area (Å²) < 4.78 is 5.29. The molecule has 0 saturated carbocycles. The van der Waals surface area contributed by atoms with Gasteiger partial charge in [-0.05, 0) is 16.8 Å². The van der Waals surface area contributed by atoms with E-state index < -0.39 is 6.04 Å². The fraction of sp³-hybridized carbons (Fsp3) is 0.231. The first-order valence-electron chi connectivity index (χ1n) is 5.20. The van der Waals surface area contributed by atoms with Crippen LogP contribution in [0.3, 0.4) is 0 Å². The molecule has 1 unspecified atom stereocenters. The molecular weight excluding hydrogens is 202 g/mol. The largest absolute Gasteiger partial charge is 0.496 e. The summed E-state index contributed by atoms with van der Waals surface area (Å²) in [5.74, 6) is 0.722. The first kappa shape index (κ1) is 10.9. The Morgan fingerprint density at radius 2 is 2.00 bits per heavy atom. The Balaban J connectivity index is 2.72. The summed E-state index contributed by atoms with van der Waals surface area (Å²) in [5.41, 5.74) is 6.77. The number of aliphatic hydroxyl groups excluding tert-OH is 1. The van der Waals surface area contributed by atoms with Crippen LogP contribution >= 0.6 is 0 Å². The molecule has 1 atom stereocenters. The lowest BCUT2D eigenvalue weighted by molar-refractivity contribution is 0.265. The predicted molar refractivity (Wildman–Crippen MR) is 64.5 cm³/mol. The molecule has 0 bridgehead atoms. The van der Waals surface area contributed by atoms with Crippen LogP contribution in [0, 0.1) is 0 Å².